The zero-order chi connectivity index (χ0) is 18.6. The molecule has 0 unspecified atom stereocenters. The van der Waals surface area contributed by atoms with E-state index in [1.807, 2.05) is 30.3 Å². The fraction of sp³-hybridized carbons (Fsp3) is 0.450. The standard InChI is InChI=1S/C20H27N7/c1-26(2)14-11-21-18-16-19(24-17(23-18)15-9-5-3-6-10-15)25-20(22-16)27-12-7-4-8-13-27/h3,5-6,9-10H,4,7-8,11-14H2,1-2H3,(H2,21,22,23,24,25). The minimum Gasteiger partial charge on any atom is -0.367 e. The average Bonchev–Trinajstić information content (AvgIpc) is 3.13. The Morgan fingerprint density at radius 1 is 1.04 bits per heavy atom. The number of aromatic nitrogens is 4. The van der Waals surface area contributed by atoms with Gasteiger partial charge in [0.25, 0.3) is 0 Å². The van der Waals surface area contributed by atoms with Gasteiger partial charge in [0.05, 0.1) is 0 Å². The number of nitrogens with zero attached hydrogens (tertiary/aromatic N) is 5. The summed E-state index contributed by atoms with van der Waals surface area (Å²) in [5.74, 6) is 2.42. The highest BCUT2D eigenvalue weighted by atomic mass is 15.3. The molecular weight excluding hydrogens is 338 g/mol. The first-order chi connectivity index (χ1) is 13.2. The van der Waals surface area contributed by atoms with E-state index < -0.39 is 0 Å². The predicted molar refractivity (Wildman–Crippen MR) is 110 cm³/mol. The van der Waals surface area contributed by atoms with E-state index in [1.165, 1.54) is 19.3 Å². The SMILES string of the molecule is CN(C)CCNc1nc(-c2ccccc2)nc2nc(N3CCCCC3)[nH]c12. The van der Waals surface area contributed by atoms with Crippen molar-refractivity contribution in [1.29, 1.82) is 0 Å². The molecule has 0 amide bonds. The maximum Gasteiger partial charge on any atom is 0.205 e. The first kappa shape index (κ1) is 17.7. The second-order valence-electron chi connectivity index (χ2n) is 7.30. The van der Waals surface area contributed by atoms with E-state index in [0.29, 0.717) is 5.82 Å². The highest BCUT2D eigenvalue weighted by Gasteiger charge is 2.18. The molecule has 1 saturated heterocycles. The number of piperidine rings is 1. The Hall–Kier alpha value is -2.67. The van der Waals surface area contributed by atoms with Crippen molar-refractivity contribution in [3.8, 4) is 11.4 Å². The van der Waals surface area contributed by atoms with Gasteiger partial charge in [-0.25, -0.2) is 9.97 Å². The lowest BCUT2D eigenvalue weighted by molar-refractivity contribution is 0.425. The fourth-order valence-electron chi connectivity index (χ4n) is 3.38. The number of rotatable bonds is 6. The van der Waals surface area contributed by atoms with Crippen LogP contribution in [-0.2, 0) is 0 Å². The largest absolute Gasteiger partial charge is 0.367 e. The summed E-state index contributed by atoms with van der Waals surface area (Å²) < 4.78 is 0. The molecule has 1 fully saturated rings. The van der Waals surface area contributed by atoms with Crippen LogP contribution in [0.2, 0.25) is 0 Å². The van der Waals surface area contributed by atoms with Crippen molar-refractivity contribution >= 4 is 22.9 Å². The second kappa shape index (κ2) is 7.92. The van der Waals surface area contributed by atoms with Gasteiger partial charge >= 0.3 is 0 Å². The van der Waals surface area contributed by atoms with Crippen LogP contribution in [0.15, 0.2) is 30.3 Å². The maximum atomic E-state index is 4.80. The molecule has 3 heterocycles. The van der Waals surface area contributed by atoms with Gasteiger partial charge in [-0.2, -0.15) is 4.98 Å². The van der Waals surface area contributed by atoms with E-state index in [4.69, 9.17) is 15.0 Å². The first-order valence-corrected chi connectivity index (χ1v) is 9.67. The van der Waals surface area contributed by atoms with Gasteiger partial charge in [0.1, 0.15) is 5.52 Å². The Morgan fingerprint density at radius 2 is 1.81 bits per heavy atom. The van der Waals surface area contributed by atoms with E-state index in [1.54, 1.807) is 0 Å². The molecule has 3 aromatic rings. The summed E-state index contributed by atoms with van der Waals surface area (Å²) in [5.41, 5.74) is 2.60. The van der Waals surface area contributed by atoms with Gasteiger partial charge in [0.15, 0.2) is 17.3 Å². The molecule has 1 aliphatic rings. The summed E-state index contributed by atoms with van der Waals surface area (Å²) in [6.45, 7) is 3.83. The number of hydrogen-bond donors (Lipinski definition) is 2. The molecule has 2 aromatic heterocycles. The van der Waals surface area contributed by atoms with Crippen LogP contribution in [0.25, 0.3) is 22.6 Å². The Balaban J connectivity index is 1.72. The third-order valence-electron chi connectivity index (χ3n) is 4.88. The summed E-state index contributed by atoms with van der Waals surface area (Å²) >= 11 is 0. The highest BCUT2D eigenvalue weighted by molar-refractivity contribution is 5.86. The minimum absolute atomic E-state index is 0.701. The molecule has 0 radical (unpaired) electrons. The van der Waals surface area contributed by atoms with Crippen LogP contribution in [0.5, 0.6) is 0 Å². The van der Waals surface area contributed by atoms with Crippen LogP contribution < -0.4 is 10.2 Å². The second-order valence-corrected chi connectivity index (χ2v) is 7.30. The summed E-state index contributed by atoms with van der Waals surface area (Å²) in [6.07, 6.45) is 3.73. The molecule has 7 heteroatoms. The van der Waals surface area contributed by atoms with Crippen molar-refractivity contribution in [2.45, 2.75) is 19.3 Å². The Kier molecular flexibility index (Phi) is 5.20. The maximum absolute atomic E-state index is 4.80. The molecule has 1 aromatic carbocycles. The lowest BCUT2D eigenvalue weighted by atomic mass is 10.1. The Bertz CT molecular complexity index is 882. The summed E-state index contributed by atoms with van der Waals surface area (Å²) in [5, 5.41) is 3.46. The van der Waals surface area contributed by atoms with Crippen molar-refractivity contribution in [1.82, 2.24) is 24.8 Å². The summed E-state index contributed by atoms with van der Waals surface area (Å²) in [4.78, 5) is 22.3. The molecule has 4 rings (SSSR count). The fourth-order valence-corrected chi connectivity index (χ4v) is 3.38. The van der Waals surface area contributed by atoms with Crippen molar-refractivity contribution in [3.63, 3.8) is 0 Å². The van der Waals surface area contributed by atoms with Gasteiger partial charge in [0, 0.05) is 31.7 Å². The number of hydrogen-bond acceptors (Lipinski definition) is 6. The van der Waals surface area contributed by atoms with Crippen LogP contribution in [0.1, 0.15) is 19.3 Å². The van der Waals surface area contributed by atoms with E-state index in [0.717, 1.165) is 54.7 Å². The van der Waals surface area contributed by atoms with Gasteiger partial charge in [-0.1, -0.05) is 30.3 Å². The van der Waals surface area contributed by atoms with Crippen LogP contribution in [0.3, 0.4) is 0 Å². The van der Waals surface area contributed by atoms with Gasteiger partial charge in [-0.05, 0) is 33.4 Å². The molecule has 0 aliphatic carbocycles. The molecule has 142 valence electrons. The van der Waals surface area contributed by atoms with Crippen molar-refractivity contribution in [2.24, 2.45) is 0 Å². The molecule has 27 heavy (non-hydrogen) atoms. The Morgan fingerprint density at radius 3 is 2.56 bits per heavy atom. The van der Waals surface area contributed by atoms with Crippen LogP contribution in [0.4, 0.5) is 11.8 Å². The topological polar surface area (TPSA) is 73.0 Å². The van der Waals surface area contributed by atoms with E-state index in [-0.39, 0.29) is 0 Å². The quantitative estimate of drug-likeness (QED) is 0.700. The smallest absolute Gasteiger partial charge is 0.205 e. The molecule has 0 atom stereocenters. The molecular formula is C20H27N7. The van der Waals surface area contributed by atoms with Crippen LogP contribution >= 0.6 is 0 Å². The Labute approximate surface area is 159 Å². The summed E-state index contributed by atoms with van der Waals surface area (Å²) in [7, 11) is 4.13. The molecule has 2 N–H and O–H groups in total. The average molecular weight is 365 g/mol. The first-order valence-electron chi connectivity index (χ1n) is 9.67. The number of H-pyrrole nitrogens is 1. The van der Waals surface area contributed by atoms with Crippen molar-refractivity contribution < 1.29 is 0 Å². The predicted octanol–water partition coefficient (Wildman–Crippen LogP) is 2.98. The molecule has 0 saturated carbocycles. The van der Waals surface area contributed by atoms with Crippen molar-refractivity contribution in [2.75, 3.05) is 50.5 Å². The zero-order valence-electron chi connectivity index (χ0n) is 16.1. The van der Waals surface area contributed by atoms with Crippen LogP contribution in [0, 0.1) is 0 Å². The molecule has 7 nitrogen and oxygen atoms in total. The van der Waals surface area contributed by atoms with E-state index in [9.17, 15) is 0 Å². The third-order valence-corrected chi connectivity index (χ3v) is 4.88. The number of anilines is 2. The molecule has 0 bridgehead atoms. The lowest BCUT2D eigenvalue weighted by Crippen LogP contribution is -2.30. The minimum atomic E-state index is 0.701. The van der Waals surface area contributed by atoms with Gasteiger partial charge in [-0.15, -0.1) is 0 Å². The van der Waals surface area contributed by atoms with E-state index >= 15 is 0 Å². The van der Waals surface area contributed by atoms with Crippen molar-refractivity contribution in [3.05, 3.63) is 30.3 Å². The summed E-state index contributed by atoms with van der Waals surface area (Å²) in [6, 6.07) is 10.1. The van der Waals surface area contributed by atoms with Gasteiger partial charge in [0.2, 0.25) is 5.95 Å². The van der Waals surface area contributed by atoms with Crippen LogP contribution in [-0.4, -0.2) is 65.1 Å². The number of nitrogens with one attached hydrogen (secondary N) is 2. The monoisotopic (exact) mass is 365 g/mol. The number of fused-ring (bicyclic) bond motifs is 1. The van der Waals surface area contributed by atoms with Gasteiger partial charge in [-0.3, -0.25) is 0 Å². The number of likely N-dealkylation sites (N-methyl/N-ethyl adjacent to an activating group) is 1. The van der Waals surface area contributed by atoms with E-state index in [2.05, 4.69) is 34.2 Å². The van der Waals surface area contributed by atoms with Gasteiger partial charge < -0.3 is 20.1 Å². The lowest BCUT2D eigenvalue weighted by Gasteiger charge is -2.25. The molecule has 1 aliphatic heterocycles. The normalized spacial score (nSPS) is 14.9. The highest BCUT2D eigenvalue weighted by Crippen LogP contribution is 2.26. The number of imidazole rings is 1. The number of benzene rings is 1. The molecule has 0 spiro atoms. The third kappa shape index (κ3) is 4.03. The number of aromatic amines is 1. The zero-order valence-corrected chi connectivity index (χ0v) is 16.1.